The Hall–Kier alpha value is -1.68. The van der Waals surface area contributed by atoms with Gasteiger partial charge < -0.3 is 10.2 Å². The van der Waals surface area contributed by atoms with E-state index < -0.39 is 16.1 Å². The number of piperazine rings is 1. The van der Waals surface area contributed by atoms with Crippen molar-refractivity contribution in [3.05, 3.63) is 29.3 Å². The standard InChI is InChI=1S/C17H25ClN4O4S/c1-3-13(2)19-17(24)20-16(23)12-21-7-9-22(10-8-21)27(25,26)15-6-4-5-14(18)11-15/h4-6,11,13H,3,7-10,12H2,1-2H3,(H2,19,20,23,24)/p+1/t13-/m0/s1. The molecule has 0 saturated carbocycles. The zero-order valence-corrected chi connectivity index (χ0v) is 17.1. The monoisotopic (exact) mass is 417 g/mol. The molecule has 0 aliphatic carbocycles. The maximum Gasteiger partial charge on any atom is 0.321 e. The largest absolute Gasteiger partial charge is 0.335 e. The number of sulfonamides is 1. The molecule has 1 fully saturated rings. The third kappa shape index (κ3) is 6.17. The minimum atomic E-state index is -3.60. The van der Waals surface area contributed by atoms with Gasteiger partial charge in [-0.1, -0.05) is 24.6 Å². The van der Waals surface area contributed by atoms with Crippen molar-refractivity contribution in [3.63, 3.8) is 0 Å². The average Bonchev–Trinajstić information content (AvgIpc) is 2.61. The normalized spacial score (nSPS) is 17.3. The fourth-order valence-electron chi connectivity index (χ4n) is 2.76. The molecule has 0 radical (unpaired) electrons. The number of carbonyl (C=O) groups is 2. The second-order valence-electron chi connectivity index (χ2n) is 6.62. The lowest BCUT2D eigenvalue weighted by atomic mass is 10.3. The summed E-state index contributed by atoms with van der Waals surface area (Å²) in [5.41, 5.74) is 0. The lowest BCUT2D eigenvalue weighted by Crippen LogP contribution is -3.15. The smallest absolute Gasteiger partial charge is 0.321 e. The maximum atomic E-state index is 12.7. The van der Waals surface area contributed by atoms with E-state index in [1.807, 2.05) is 13.8 Å². The Labute approximate surface area is 164 Å². The van der Waals surface area contributed by atoms with Crippen LogP contribution < -0.4 is 15.5 Å². The fraction of sp³-hybridized carbons (Fsp3) is 0.529. The van der Waals surface area contributed by atoms with E-state index in [0.717, 1.165) is 11.3 Å². The van der Waals surface area contributed by atoms with Crippen LogP contribution in [0.25, 0.3) is 0 Å². The first-order chi connectivity index (χ1) is 12.7. The van der Waals surface area contributed by atoms with E-state index in [-0.39, 0.29) is 23.4 Å². The first-order valence-electron chi connectivity index (χ1n) is 8.92. The molecular formula is C17H26ClN4O4S+. The predicted molar refractivity (Wildman–Crippen MR) is 102 cm³/mol. The lowest BCUT2D eigenvalue weighted by Gasteiger charge is -2.31. The van der Waals surface area contributed by atoms with Crippen LogP contribution in [0.5, 0.6) is 0 Å². The minimum Gasteiger partial charge on any atom is -0.335 e. The summed E-state index contributed by atoms with van der Waals surface area (Å²) < 4.78 is 26.7. The summed E-state index contributed by atoms with van der Waals surface area (Å²) in [7, 11) is -3.60. The molecule has 150 valence electrons. The van der Waals surface area contributed by atoms with E-state index in [2.05, 4.69) is 10.6 Å². The summed E-state index contributed by atoms with van der Waals surface area (Å²) in [6.45, 7) is 5.50. The highest BCUT2D eigenvalue weighted by Gasteiger charge is 2.31. The molecule has 0 spiro atoms. The number of hydrogen-bond acceptors (Lipinski definition) is 4. The number of urea groups is 1. The van der Waals surface area contributed by atoms with E-state index in [1.165, 1.54) is 16.4 Å². The Morgan fingerprint density at radius 3 is 2.56 bits per heavy atom. The van der Waals surface area contributed by atoms with E-state index in [1.54, 1.807) is 12.1 Å². The van der Waals surface area contributed by atoms with Gasteiger partial charge in [0.2, 0.25) is 10.0 Å². The zero-order valence-electron chi connectivity index (χ0n) is 15.5. The molecule has 2 rings (SSSR count). The quantitative estimate of drug-likeness (QED) is 0.599. The van der Waals surface area contributed by atoms with E-state index >= 15 is 0 Å². The SMILES string of the molecule is CC[C@H](C)NC(=O)NC(=O)C[NH+]1CCN(S(=O)(=O)c2cccc(Cl)c2)CC1. The molecule has 1 aromatic carbocycles. The first kappa shape index (κ1) is 21.6. The van der Waals surface area contributed by atoms with Gasteiger partial charge in [0.15, 0.2) is 6.54 Å². The average molecular weight is 418 g/mol. The van der Waals surface area contributed by atoms with Crippen LogP contribution >= 0.6 is 11.6 Å². The van der Waals surface area contributed by atoms with Gasteiger partial charge >= 0.3 is 6.03 Å². The number of benzene rings is 1. The Balaban J connectivity index is 1.84. The van der Waals surface area contributed by atoms with Crippen molar-refractivity contribution < 1.29 is 22.9 Å². The van der Waals surface area contributed by atoms with Gasteiger partial charge in [0.25, 0.3) is 5.91 Å². The van der Waals surface area contributed by atoms with Gasteiger partial charge in [-0.2, -0.15) is 4.31 Å². The van der Waals surface area contributed by atoms with Crippen LogP contribution in [-0.2, 0) is 14.8 Å². The van der Waals surface area contributed by atoms with Crippen molar-refractivity contribution in [2.24, 2.45) is 0 Å². The van der Waals surface area contributed by atoms with E-state index in [9.17, 15) is 18.0 Å². The maximum absolute atomic E-state index is 12.7. The van der Waals surface area contributed by atoms with Crippen molar-refractivity contribution in [2.75, 3.05) is 32.7 Å². The summed E-state index contributed by atoms with van der Waals surface area (Å²) in [6, 6.07) is 5.66. The van der Waals surface area contributed by atoms with E-state index in [4.69, 9.17) is 11.6 Å². The van der Waals surface area contributed by atoms with Gasteiger partial charge in [0.1, 0.15) is 0 Å². The fourth-order valence-corrected chi connectivity index (χ4v) is 4.50. The number of quaternary nitrogens is 1. The zero-order chi connectivity index (χ0) is 20.0. The number of imide groups is 1. The molecule has 1 heterocycles. The topological polar surface area (TPSA) is 100 Å². The number of halogens is 1. The summed E-state index contributed by atoms with van der Waals surface area (Å²) >= 11 is 5.89. The van der Waals surface area contributed by atoms with Gasteiger partial charge in [-0.3, -0.25) is 10.1 Å². The summed E-state index contributed by atoms with van der Waals surface area (Å²) in [6.07, 6.45) is 0.774. The summed E-state index contributed by atoms with van der Waals surface area (Å²) in [5.74, 6) is -0.378. The highest BCUT2D eigenvalue weighted by atomic mass is 35.5. The van der Waals surface area contributed by atoms with Gasteiger partial charge in [0.05, 0.1) is 31.1 Å². The highest BCUT2D eigenvalue weighted by Crippen LogP contribution is 2.19. The van der Waals surface area contributed by atoms with Gasteiger partial charge in [0, 0.05) is 11.1 Å². The molecule has 0 unspecified atom stereocenters. The molecule has 10 heteroatoms. The molecule has 1 aliphatic heterocycles. The first-order valence-corrected chi connectivity index (χ1v) is 10.7. The molecule has 1 atom stereocenters. The summed E-state index contributed by atoms with van der Waals surface area (Å²) in [4.78, 5) is 24.8. The summed E-state index contributed by atoms with van der Waals surface area (Å²) in [5, 5.41) is 5.35. The second-order valence-corrected chi connectivity index (χ2v) is 8.99. The molecule has 1 aromatic rings. The van der Waals surface area contributed by atoms with Crippen LogP contribution in [0.2, 0.25) is 5.02 Å². The van der Waals surface area contributed by atoms with Crippen molar-refractivity contribution in [2.45, 2.75) is 31.2 Å². The molecule has 3 N–H and O–H groups in total. The van der Waals surface area contributed by atoms with Crippen molar-refractivity contribution >= 4 is 33.6 Å². The Morgan fingerprint density at radius 2 is 1.96 bits per heavy atom. The number of hydrogen-bond donors (Lipinski definition) is 3. The molecule has 27 heavy (non-hydrogen) atoms. The van der Waals surface area contributed by atoms with Crippen molar-refractivity contribution in [3.8, 4) is 0 Å². The Morgan fingerprint density at radius 1 is 1.30 bits per heavy atom. The minimum absolute atomic E-state index is 0.00890. The van der Waals surface area contributed by atoms with E-state index in [0.29, 0.717) is 31.2 Å². The Kier molecular flexibility index (Phi) is 7.60. The number of amides is 3. The molecule has 0 bridgehead atoms. The predicted octanol–water partition coefficient (Wildman–Crippen LogP) is -0.146. The van der Waals surface area contributed by atoms with Crippen molar-refractivity contribution in [1.29, 1.82) is 0 Å². The Bertz CT molecular complexity index is 779. The van der Waals surface area contributed by atoms with Crippen LogP contribution in [0.1, 0.15) is 20.3 Å². The van der Waals surface area contributed by atoms with Gasteiger partial charge in [-0.05, 0) is 31.5 Å². The highest BCUT2D eigenvalue weighted by molar-refractivity contribution is 7.89. The molecule has 1 saturated heterocycles. The van der Waals surface area contributed by atoms with Gasteiger partial charge in [-0.25, -0.2) is 13.2 Å². The van der Waals surface area contributed by atoms with Crippen LogP contribution in [0.4, 0.5) is 4.79 Å². The molecule has 3 amide bonds. The molecule has 8 nitrogen and oxygen atoms in total. The number of nitrogens with zero attached hydrogens (tertiary/aromatic N) is 1. The third-order valence-electron chi connectivity index (χ3n) is 4.52. The number of carbonyl (C=O) groups excluding carboxylic acids is 2. The number of rotatable bonds is 6. The van der Waals surface area contributed by atoms with Crippen LogP contribution in [-0.4, -0.2) is 63.4 Å². The van der Waals surface area contributed by atoms with Crippen LogP contribution in [0.3, 0.4) is 0 Å². The van der Waals surface area contributed by atoms with Gasteiger partial charge in [-0.15, -0.1) is 0 Å². The number of nitrogens with one attached hydrogen (secondary N) is 3. The van der Waals surface area contributed by atoms with Crippen molar-refractivity contribution in [1.82, 2.24) is 14.9 Å². The van der Waals surface area contributed by atoms with Crippen LogP contribution in [0, 0.1) is 0 Å². The third-order valence-corrected chi connectivity index (χ3v) is 6.65. The lowest BCUT2D eigenvalue weighted by molar-refractivity contribution is -0.895. The second kappa shape index (κ2) is 9.50. The molecular weight excluding hydrogens is 392 g/mol. The molecule has 1 aliphatic rings. The van der Waals surface area contributed by atoms with Crippen LogP contribution in [0.15, 0.2) is 29.2 Å². The molecule has 0 aromatic heterocycles.